The number of alkyl carbamates (subject to hydrolysis) is 1. The van der Waals surface area contributed by atoms with Crippen LogP contribution in [-0.4, -0.2) is 17.7 Å². The van der Waals surface area contributed by atoms with E-state index in [0.29, 0.717) is 21.7 Å². The molecule has 0 radical (unpaired) electrons. The maximum atomic E-state index is 15.3. The molecule has 8 heteroatoms. The first kappa shape index (κ1) is 29.2. The molecule has 0 aliphatic rings. The standard InChI is InChI=1S/C32H33F2N2O3P/c1-23(35-30(37)39-31(2,3)4)32(24-15-19-26(33)20-16-24,25-17-21-27(34)22-18-25)36-40(38,28-11-7-5-8-12-28)29-13-9-6-10-14-29/h5-23H,1-4H3,(H,35,37)(H,36,38)/t23-/m0/s1. The van der Waals surface area contributed by atoms with Gasteiger partial charge in [-0.3, -0.25) is 4.57 Å². The largest absolute Gasteiger partial charge is 0.444 e. The quantitative estimate of drug-likeness (QED) is 0.236. The predicted molar refractivity (Wildman–Crippen MR) is 155 cm³/mol. The van der Waals surface area contributed by atoms with Crippen LogP contribution in [-0.2, 0) is 14.8 Å². The van der Waals surface area contributed by atoms with Crippen LogP contribution in [0.15, 0.2) is 109 Å². The average molecular weight is 563 g/mol. The third-order valence-electron chi connectivity index (χ3n) is 6.56. The summed E-state index contributed by atoms with van der Waals surface area (Å²) in [5.74, 6) is -0.919. The highest BCUT2D eigenvalue weighted by molar-refractivity contribution is 7.77. The number of halogens is 2. The van der Waals surface area contributed by atoms with Gasteiger partial charge in [-0.1, -0.05) is 60.7 Å². The van der Waals surface area contributed by atoms with Crippen molar-refractivity contribution in [1.82, 2.24) is 10.4 Å². The first-order valence-corrected chi connectivity index (χ1v) is 14.7. The molecule has 1 amide bonds. The van der Waals surface area contributed by atoms with Crippen LogP contribution in [0.3, 0.4) is 0 Å². The zero-order valence-electron chi connectivity index (χ0n) is 22.9. The van der Waals surface area contributed by atoms with Crippen molar-refractivity contribution in [2.75, 3.05) is 0 Å². The van der Waals surface area contributed by atoms with Crippen molar-refractivity contribution in [2.45, 2.75) is 44.9 Å². The number of amides is 1. The van der Waals surface area contributed by atoms with Gasteiger partial charge in [0, 0.05) is 10.6 Å². The maximum Gasteiger partial charge on any atom is 0.407 e. The lowest BCUT2D eigenvalue weighted by Crippen LogP contribution is -2.58. The predicted octanol–water partition coefficient (Wildman–Crippen LogP) is 6.64. The third-order valence-corrected chi connectivity index (χ3v) is 9.27. The lowest BCUT2D eigenvalue weighted by Gasteiger charge is -2.44. The molecule has 0 aliphatic carbocycles. The topological polar surface area (TPSA) is 67.4 Å². The van der Waals surface area contributed by atoms with Gasteiger partial charge in [0.1, 0.15) is 17.2 Å². The molecule has 0 unspecified atom stereocenters. The summed E-state index contributed by atoms with van der Waals surface area (Å²) >= 11 is 0. The molecule has 208 valence electrons. The summed E-state index contributed by atoms with van der Waals surface area (Å²) in [4.78, 5) is 13.0. The van der Waals surface area contributed by atoms with Gasteiger partial charge < -0.3 is 10.1 Å². The monoisotopic (exact) mass is 562 g/mol. The van der Waals surface area contributed by atoms with Gasteiger partial charge in [-0.25, -0.2) is 18.7 Å². The number of hydrogen-bond acceptors (Lipinski definition) is 3. The molecule has 2 N–H and O–H groups in total. The van der Waals surface area contributed by atoms with E-state index in [-0.39, 0.29) is 0 Å². The Hall–Kier alpha value is -3.80. The van der Waals surface area contributed by atoms with Crippen LogP contribution in [0.2, 0.25) is 0 Å². The Kier molecular flexibility index (Phi) is 8.57. The highest BCUT2D eigenvalue weighted by Crippen LogP contribution is 2.47. The highest BCUT2D eigenvalue weighted by Gasteiger charge is 2.47. The average Bonchev–Trinajstić information content (AvgIpc) is 2.92. The fourth-order valence-electron chi connectivity index (χ4n) is 4.71. The molecule has 0 bridgehead atoms. The minimum atomic E-state index is -3.67. The summed E-state index contributed by atoms with van der Waals surface area (Å²) in [6.45, 7) is 7.00. The molecule has 0 spiro atoms. The van der Waals surface area contributed by atoms with E-state index in [1.54, 1.807) is 100 Å². The molecule has 0 heterocycles. The Balaban J connectivity index is 2.00. The molecule has 1 atom stereocenters. The summed E-state index contributed by atoms with van der Waals surface area (Å²) in [5.41, 5.74) is -1.18. The zero-order chi connectivity index (χ0) is 29.0. The van der Waals surface area contributed by atoms with E-state index in [1.807, 2.05) is 12.1 Å². The molecule has 5 nitrogen and oxygen atoms in total. The fraction of sp³-hybridized carbons (Fsp3) is 0.219. The van der Waals surface area contributed by atoms with Gasteiger partial charge in [0.15, 0.2) is 0 Å². The normalized spacial score (nSPS) is 12.9. The molecule has 0 fully saturated rings. The molecule has 40 heavy (non-hydrogen) atoms. The van der Waals surface area contributed by atoms with Gasteiger partial charge in [0.2, 0.25) is 7.29 Å². The summed E-state index contributed by atoms with van der Waals surface area (Å²) in [5, 5.41) is 7.41. The number of ether oxygens (including phenoxy) is 1. The van der Waals surface area contributed by atoms with Crippen molar-refractivity contribution in [3.05, 3.63) is 132 Å². The van der Waals surface area contributed by atoms with Crippen molar-refractivity contribution in [3.63, 3.8) is 0 Å². The summed E-state index contributed by atoms with van der Waals surface area (Å²) in [7, 11) is -3.67. The number of hydrogen-bond donors (Lipinski definition) is 2. The molecular weight excluding hydrogens is 529 g/mol. The minimum Gasteiger partial charge on any atom is -0.444 e. The molecule has 0 saturated carbocycles. The van der Waals surface area contributed by atoms with Gasteiger partial charge in [-0.2, -0.15) is 0 Å². The van der Waals surface area contributed by atoms with Crippen molar-refractivity contribution in [2.24, 2.45) is 0 Å². The fourth-order valence-corrected chi connectivity index (χ4v) is 7.40. The van der Waals surface area contributed by atoms with E-state index in [4.69, 9.17) is 4.74 Å². The summed E-state index contributed by atoms with van der Waals surface area (Å²) in [6, 6.07) is 28.6. The van der Waals surface area contributed by atoms with Crippen LogP contribution < -0.4 is 21.0 Å². The van der Waals surface area contributed by atoms with Gasteiger partial charge in [-0.05, 0) is 87.4 Å². The molecule has 0 saturated heterocycles. The molecular formula is C32H33F2N2O3P. The molecule has 4 aromatic rings. The van der Waals surface area contributed by atoms with Gasteiger partial charge in [0.25, 0.3) is 0 Å². The number of nitrogens with one attached hydrogen (secondary N) is 2. The van der Waals surface area contributed by atoms with Crippen LogP contribution in [0.25, 0.3) is 0 Å². The van der Waals surface area contributed by atoms with E-state index in [9.17, 15) is 13.6 Å². The van der Waals surface area contributed by atoms with Crippen molar-refractivity contribution in [3.8, 4) is 0 Å². The van der Waals surface area contributed by atoms with E-state index in [0.717, 1.165) is 0 Å². The Morgan fingerprint density at radius 3 is 1.50 bits per heavy atom. The van der Waals surface area contributed by atoms with Crippen LogP contribution in [0.5, 0.6) is 0 Å². The molecule has 4 aromatic carbocycles. The van der Waals surface area contributed by atoms with E-state index in [1.165, 1.54) is 24.3 Å². The second-order valence-electron chi connectivity index (χ2n) is 10.6. The van der Waals surface area contributed by atoms with E-state index in [2.05, 4.69) is 10.4 Å². The Bertz CT molecular complexity index is 1380. The van der Waals surface area contributed by atoms with Gasteiger partial charge in [0.05, 0.1) is 11.6 Å². The SMILES string of the molecule is C[C@H](NC(=O)OC(C)(C)C)C(NP(=O)(c1ccccc1)c1ccccc1)(c1ccc(F)cc1)c1ccc(F)cc1. The third kappa shape index (κ3) is 6.33. The van der Waals surface area contributed by atoms with E-state index >= 15 is 4.57 Å². The first-order valence-electron chi connectivity index (χ1n) is 13.0. The van der Waals surface area contributed by atoms with Crippen molar-refractivity contribution >= 4 is 24.0 Å². The van der Waals surface area contributed by atoms with Gasteiger partial charge in [-0.15, -0.1) is 0 Å². The number of rotatable bonds is 8. The second kappa shape index (κ2) is 11.7. The minimum absolute atomic E-state index is 0.459. The Morgan fingerprint density at radius 1 is 0.725 bits per heavy atom. The van der Waals surface area contributed by atoms with Crippen LogP contribution >= 0.6 is 7.29 Å². The zero-order valence-corrected chi connectivity index (χ0v) is 23.8. The Labute approximate surface area is 234 Å². The Morgan fingerprint density at radius 2 is 1.12 bits per heavy atom. The smallest absolute Gasteiger partial charge is 0.407 e. The number of carbonyl (C=O) groups is 1. The lowest BCUT2D eigenvalue weighted by atomic mass is 9.78. The maximum absolute atomic E-state index is 15.3. The molecule has 0 aromatic heterocycles. The number of benzene rings is 4. The highest BCUT2D eigenvalue weighted by atomic mass is 31.2. The van der Waals surface area contributed by atoms with Crippen LogP contribution in [0.1, 0.15) is 38.8 Å². The van der Waals surface area contributed by atoms with Gasteiger partial charge >= 0.3 is 6.09 Å². The van der Waals surface area contributed by atoms with Crippen molar-refractivity contribution < 1.29 is 22.9 Å². The summed E-state index contributed by atoms with van der Waals surface area (Å²) < 4.78 is 49.2. The number of carbonyl (C=O) groups excluding carboxylic acids is 1. The summed E-state index contributed by atoms with van der Waals surface area (Å²) in [6.07, 6.45) is -0.690. The molecule has 4 rings (SSSR count). The second-order valence-corrected chi connectivity index (χ2v) is 13.1. The first-order chi connectivity index (χ1) is 18.9. The lowest BCUT2D eigenvalue weighted by molar-refractivity contribution is 0.0487. The van der Waals surface area contributed by atoms with E-state index < -0.39 is 42.2 Å². The van der Waals surface area contributed by atoms with Crippen molar-refractivity contribution in [1.29, 1.82) is 0 Å². The molecule has 0 aliphatic heterocycles. The van der Waals surface area contributed by atoms with Crippen LogP contribution in [0.4, 0.5) is 13.6 Å². The van der Waals surface area contributed by atoms with Crippen LogP contribution in [0, 0.1) is 11.6 Å².